The maximum Gasteiger partial charge on any atom is 0.326 e. The Hall–Kier alpha value is -3.54. The number of nitrogens with two attached hydrogens (primary N) is 1. The second-order valence-corrected chi connectivity index (χ2v) is 14.4. The summed E-state index contributed by atoms with van der Waals surface area (Å²) in [6.45, 7) is 4.09. The van der Waals surface area contributed by atoms with E-state index in [1.54, 1.807) is 12.1 Å². The van der Waals surface area contributed by atoms with Gasteiger partial charge in [-0.05, 0) is 57.2 Å². The Kier molecular flexibility index (Phi) is 14.9. The Morgan fingerprint density at radius 3 is 2.57 bits per heavy atom. The molecule has 0 radical (unpaired) electrons. The third-order valence-corrected chi connectivity index (χ3v) is 10.3. The zero-order chi connectivity index (χ0) is 33.6. The summed E-state index contributed by atoms with van der Waals surface area (Å²) in [7, 11) is 2.76. The van der Waals surface area contributed by atoms with E-state index in [1.165, 1.54) is 32.9 Å². The molecular formula is C29H40N6O8S3. The standard InChI is InChI=1S/C29H40N6O8S3/c1-3-5-16(2)31-21(28(41)42)15-45-44-13-12-43-23(36)11-9-20(27(39)40)33-26(38)22-10-8-18(46-22)7-4-6-17-14-19-24(32-17)34-29(30)35-25(19)37/h8,10,14,16,20-21,31H,3-7,9,11-13,15H2,1-2H3,(H,33,38)(H,39,40)(H,41,42)(H4,30,32,34,35,37)/t16-,20?,21-/m0/s1. The molecule has 0 aliphatic heterocycles. The van der Waals surface area contributed by atoms with E-state index in [4.69, 9.17) is 10.5 Å². The number of carboxylic acid groups (broad SMARTS) is 2. The first kappa shape index (κ1) is 36.9. The fourth-order valence-corrected chi connectivity index (χ4v) is 7.50. The number of aliphatic carboxylic acids is 2. The van der Waals surface area contributed by atoms with Crippen LogP contribution in [-0.2, 0) is 32.0 Å². The Labute approximate surface area is 277 Å². The van der Waals surface area contributed by atoms with E-state index in [-0.39, 0.29) is 37.0 Å². The van der Waals surface area contributed by atoms with Crippen LogP contribution in [-0.4, -0.2) is 85.2 Å². The molecule has 3 atom stereocenters. The Balaban J connectivity index is 1.35. The lowest BCUT2D eigenvalue weighted by Crippen LogP contribution is -2.43. The van der Waals surface area contributed by atoms with Crippen LogP contribution < -0.4 is 21.9 Å². The van der Waals surface area contributed by atoms with Gasteiger partial charge in [0.15, 0.2) is 0 Å². The number of carbonyl (C=O) groups is 4. The number of carbonyl (C=O) groups excluding carboxylic acids is 2. The number of aryl methyl sites for hydroxylation is 2. The molecule has 3 rings (SSSR count). The molecule has 3 aromatic heterocycles. The molecule has 252 valence electrons. The number of thiophene rings is 1. The molecule has 1 unspecified atom stereocenters. The van der Waals surface area contributed by atoms with Crippen molar-refractivity contribution < 1.29 is 34.1 Å². The Bertz CT molecular complexity index is 1540. The largest absolute Gasteiger partial charge is 0.480 e. The number of aromatic nitrogens is 3. The van der Waals surface area contributed by atoms with Gasteiger partial charge >= 0.3 is 17.9 Å². The quantitative estimate of drug-likeness (QED) is 0.0483. The molecule has 0 saturated heterocycles. The highest BCUT2D eigenvalue weighted by Crippen LogP contribution is 2.23. The summed E-state index contributed by atoms with van der Waals surface area (Å²) >= 11 is 1.26. The smallest absolute Gasteiger partial charge is 0.326 e. The van der Waals surface area contributed by atoms with E-state index in [0.29, 0.717) is 40.3 Å². The lowest BCUT2D eigenvalue weighted by atomic mass is 10.1. The number of rotatable bonds is 21. The monoisotopic (exact) mass is 696 g/mol. The zero-order valence-electron chi connectivity index (χ0n) is 25.6. The number of ether oxygens (including phenoxy) is 1. The maximum atomic E-state index is 12.7. The second kappa shape index (κ2) is 18.6. The minimum atomic E-state index is -1.26. The van der Waals surface area contributed by atoms with Crippen molar-refractivity contribution in [2.75, 3.05) is 23.8 Å². The predicted octanol–water partition coefficient (Wildman–Crippen LogP) is 3.19. The van der Waals surface area contributed by atoms with Crippen molar-refractivity contribution in [2.45, 2.75) is 76.9 Å². The number of carboxylic acids is 2. The topological polar surface area (TPSA) is 230 Å². The van der Waals surface area contributed by atoms with Crippen molar-refractivity contribution in [3.8, 4) is 0 Å². The van der Waals surface area contributed by atoms with Gasteiger partial charge < -0.3 is 36.3 Å². The van der Waals surface area contributed by atoms with Crippen LogP contribution in [0.3, 0.4) is 0 Å². The minimum absolute atomic E-state index is 0.0380. The molecule has 3 heterocycles. The van der Waals surface area contributed by atoms with Crippen LogP contribution in [0.5, 0.6) is 0 Å². The number of amides is 1. The molecule has 14 nitrogen and oxygen atoms in total. The summed E-state index contributed by atoms with van der Waals surface area (Å²) in [5.74, 6) is -2.45. The summed E-state index contributed by atoms with van der Waals surface area (Å²) in [4.78, 5) is 71.1. The van der Waals surface area contributed by atoms with Crippen molar-refractivity contribution in [2.24, 2.45) is 0 Å². The number of hydrogen-bond donors (Lipinski definition) is 7. The number of hydrogen-bond acceptors (Lipinski definition) is 12. The van der Waals surface area contributed by atoms with Crippen LogP contribution in [0, 0.1) is 0 Å². The molecule has 0 spiro atoms. The minimum Gasteiger partial charge on any atom is -0.480 e. The number of nitrogens with one attached hydrogen (secondary N) is 4. The van der Waals surface area contributed by atoms with Crippen LogP contribution in [0.15, 0.2) is 23.0 Å². The molecule has 3 aromatic rings. The highest BCUT2D eigenvalue weighted by Gasteiger charge is 2.23. The lowest BCUT2D eigenvalue weighted by molar-refractivity contribution is -0.144. The summed E-state index contributed by atoms with van der Waals surface area (Å²) in [5.41, 5.74) is 6.54. The highest BCUT2D eigenvalue weighted by atomic mass is 33.1. The summed E-state index contributed by atoms with van der Waals surface area (Å²) < 4.78 is 5.18. The number of nitrogen functional groups attached to an aromatic ring is 1. The Morgan fingerprint density at radius 1 is 1.09 bits per heavy atom. The average molecular weight is 697 g/mol. The molecule has 0 aliphatic carbocycles. The van der Waals surface area contributed by atoms with E-state index in [9.17, 15) is 34.2 Å². The second-order valence-electron chi connectivity index (χ2n) is 10.6. The van der Waals surface area contributed by atoms with Gasteiger partial charge in [-0.2, -0.15) is 4.98 Å². The molecule has 0 saturated carbocycles. The van der Waals surface area contributed by atoms with Crippen molar-refractivity contribution >= 4 is 73.7 Å². The molecular weight excluding hydrogens is 657 g/mol. The molecule has 1 amide bonds. The van der Waals surface area contributed by atoms with Gasteiger partial charge in [-0.1, -0.05) is 34.9 Å². The number of aromatic amines is 2. The molecule has 46 heavy (non-hydrogen) atoms. The normalized spacial score (nSPS) is 13.3. The third kappa shape index (κ3) is 12.0. The fourth-order valence-electron chi connectivity index (χ4n) is 4.55. The lowest BCUT2D eigenvalue weighted by Gasteiger charge is -2.19. The molecule has 0 bridgehead atoms. The first-order valence-corrected chi connectivity index (χ1v) is 18.2. The van der Waals surface area contributed by atoms with Gasteiger partial charge in [-0.15, -0.1) is 11.3 Å². The van der Waals surface area contributed by atoms with Crippen LogP contribution in [0.25, 0.3) is 11.0 Å². The molecule has 17 heteroatoms. The Morgan fingerprint density at radius 2 is 1.85 bits per heavy atom. The number of H-pyrrole nitrogens is 2. The van der Waals surface area contributed by atoms with E-state index < -0.39 is 35.9 Å². The third-order valence-electron chi connectivity index (χ3n) is 6.82. The van der Waals surface area contributed by atoms with Gasteiger partial charge in [-0.25, -0.2) is 4.79 Å². The van der Waals surface area contributed by atoms with Gasteiger partial charge in [0.25, 0.3) is 11.5 Å². The fraction of sp³-hybridized carbons (Fsp3) is 0.517. The zero-order valence-corrected chi connectivity index (χ0v) is 28.1. The number of fused-ring (bicyclic) bond motifs is 1. The van der Waals surface area contributed by atoms with Crippen LogP contribution >= 0.6 is 32.9 Å². The summed E-state index contributed by atoms with van der Waals surface area (Å²) in [5, 5.41) is 25.0. The number of nitrogens with zero attached hydrogens (tertiary/aromatic N) is 1. The van der Waals surface area contributed by atoms with Gasteiger partial charge in [0.1, 0.15) is 24.3 Å². The van der Waals surface area contributed by atoms with Crippen LogP contribution in [0.2, 0.25) is 0 Å². The number of esters is 1. The van der Waals surface area contributed by atoms with Crippen LogP contribution in [0.4, 0.5) is 5.95 Å². The molecule has 0 fully saturated rings. The van der Waals surface area contributed by atoms with Gasteiger partial charge in [-0.3, -0.25) is 24.2 Å². The van der Waals surface area contributed by atoms with Crippen molar-refractivity contribution in [3.05, 3.63) is 44.0 Å². The predicted molar refractivity (Wildman–Crippen MR) is 180 cm³/mol. The van der Waals surface area contributed by atoms with Crippen molar-refractivity contribution in [3.63, 3.8) is 0 Å². The van der Waals surface area contributed by atoms with Gasteiger partial charge in [0.05, 0.1) is 10.3 Å². The molecule has 8 N–H and O–H groups in total. The SMILES string of the molecule is CCC[C@H](C)N[C@@H](CSSCCOC(=O)CCC(NC(=O)c1ccc(CCCc2cc3c(=O)[nH]c(N)nc3[nH]2)s1)C(=O)O)C(=O)O. The summed E-state index contributed by atoms with van der Waals surface area (Å²) in [6.07, 6.45) is 3.57. The number of anilines is 1. The van der Waals surface area contributed by atoms with Gasteiger partial charge in [0.2, 0.25) is 5.95 Å². The first-order chi connectivity index (χ1) is 22.0. The van der Waals surface area contributed by atoms with E-state index in [2.05, 4.69) is 25.6 Å². The average Bonchev–Trinajstić information content (AvgIpc) is 3.63. The van der Waals surface area contributed by atoms with Gasteiger partial charge in [0, 0.05) is 34.5 Å². The molecule has 0 aliphatic rings. The maximum absolute atomic E-state index is 12.7. The van der Waals surface area contributed by atoms with E-state index in [1.807, 2.05) is 19.9 Å². The highest BCUT2D eigenvalue weighted by molar-refractivity contribution is 8.76. The van der Waals surface area contributed by atoms with Crippen molar-refractivity contribution in [1.82, 2.24) is 25.6 Å². The van der Waals surface area contributed by atoms with Crippen LogP contribution in [0.1, 0.15) is 66.2 Å². The molecule has 0 aromatic carbocycles. The van der Waals surface area contributed by atoms with E-state index in [0.717, 1.165) is 29.8 Å². The van der Waals surface area contributed by atoms with E-state index >= 15 is 0 Å². The first-order valence-electron chi connectivity index (χ1n) is 14.9. The van der Waals surface area contributed by atoms with Crippen molar-refractivity contribution in [1.29, 1.82) is 0 Å². The summed E-state index contributed by atoms with van der Waals surface area (Å²) in [6, 6.07) is 3.35.